The van der Waals surface area contributed by atoms with Crippen molar-refractivity contribution in [1.82, 2.24) is 9.97 Å². The van der Waals surface area contributed by atoms with Crippen molar-refractivity contribution in [1.29, 1.82) is 0 Å². The number of nitrogens with zero attached hydrogens (tertiary/aromatic N) is 2. The van der Waals surface area contributed by atoms with Crippen molar-refractivity contribution in [2.24, 2.45) is 5.92 Å². The number of amides is 1. The number of furan rings is 1. The SMILES string of the molecule is CC(C)CC(=O)C1=C(O)C(=O)N(c2ccc3[nH]cnc3c2)C1c1ccco1. The molecule has 1 amide bonds. The maximum Gasteiger partial charge on any atom is 0.294 e. The molecular weight excluding hydrogens is 346 g/mol. The lowest BCUT2D eigenvalue weighted by Gasteiger charge is -2.25. The summed E-state index contributed by atoms with van der Waals surface area (Å²) in [4.78, 5) is 34.3. The van der Waals surface area contributed by atoms with Crippen molar-refractivity contribution >= 4 is 28.4 Å². The van der Waals surface area contributed by atoms with Crippen molar-refractivity contribution in [2.45, 2.75) is 26.3 Å². The maximum absolute atomic E-state index is 12.9. The fourth-order valence-electron chi connectivity index (χ4n) is 3.42. The molecule has 0 aliphatic carbocycles. The van der Waals surface area contributed by atoms with Crippen molar-refractivity contribution in [3.8, 4) is 0 Å². The van der Waals surface area contributed by atoms with E-state index < -0.39 is 17.7 Å². The second-order valence-electron chi connectivity index (χ2n) is 6.98. The Morgan fingerprint density at radius 2 is 2.19 bits per heavy atom. The van der Waals surface area contributed by atoms with Crippen LogP contribution in [0.3, 0.4) is 0 Å². The Hall–Kier alpha value is -3.35. The lowest BCUT2D eigenvalue weighted by molar-refractivity contribution is -0.118. The summed E-state index contributed by atoms with van der Waals surface area (Å²) < 4.78 is 5.51. The first-order valence-corrected chi connectivity index (χ1v) is 8.73. The third-order valence-corrected chi connectivity index (χ3v) is 4.60. The summed E-state index contributed by atoms with van der Waals surface area (Å²) in [6.07, 6.45) is 3.28. The highest BCUT2D eigenvalue weighted by molar-refractivity contribution is 6.16. The average molecular weight is 365 g/mol. The molecule has 3 aromatic rings. The van der Waals surface area contributed by atoms with Crippen LogP contribution in [0.25, 0.3) is 11.0 Å². The molecule has 3 heterocycles. The van der Waals surface area contributed by atoms with E-state index in [2.05, 4.69) is 9.97 Å². The molecule has 7 heteroatoms. The van der Waals surface area contributed by atoms with Gasteiger partial charge in [-0.3, -0.25) is 14.5 Å². The smallest absolute Gasteiger partial charge is 0.294 e. The summed E-state index contributed by atoms with van der Waals surface area (Å²) in [5.74, 6) is -0.899. The molecular formula is C20H19N3O4. The molecule has 0 saturated heterocycles. The number of hydrogen-bond acceptors (Lipinski definition) is 5. The minimum Gasteiger partial charge on any atom is -0.503 e. The molecule has 0 fully saturated rings. The largest absolute Gasteiger partial charge is 0.503 e. The zero-order chi connectivity index (χ0) is 19.1. The second-order valence-corrected chi connectivity index (χ2v) is 6.98. The van der Waals surface area contributed by atoms with Gasteiger partial charge in [0.25, 0.3) is 5.91 Å². The normalized spacial score (nSPS) is 17.5. The van der Waals surface area contributed by atoms with Crippen LogP contribution in [0, 0.1) is 5.92 Å². The van der Waals surface area contributed by atoms with Crippen LogP contribution in [0.5, 0.6) is 0 Å². The summed E-state index contributed by atoms with van der Waals surface area (Å²) in [6, 6.07) is 7.86. The summed E-state index contributed by atoms with van der Waals surface area (Å²) in [5.41, 5.74) is 2.11. The Morgan fingerprint density at radius 1 is 1.37 bits per heavy atom. The number of carbonyl (C=O) groups is 2. The highest BCUT2D eigenvalue weighted by atomic mass is 16.3. The Morgan fingerprint density at radius 3 is 2.89 bits per heavy atom. The monoisotopic (exact) mass is 365 g/mol. The molecule has 7 nitrogen and oxygen atoms in total. The number of hydrogen-bond donors (Lipinski definition) is 2. The number of aliphatic hydroxyl groups excluding tert-OH is 1. The number of rotatable bonds is 5. The third kappa shape index (κ3) is 2.81. The van der Waals surface area contributed by atoms with Crippen LogP contribution in [0.4, 0.5) is 5.69 Å². The van der Waals surface area contributed by atoms with E-state index in [1.807, 2.05) is 13.8 Å². The van der Waals surface area contributed by atoms with E-state index in [1.165, 1.54) is 11.2 Å². The zero-order valence-electron chi connectivity index (χ0n) is 15.0. The zero-order valence-corrected chi connectivity index (χ0v) is 15.0. The van der Waals surface area contributed by atoms with Crippen LogP contribution in [-0.2, 0) is 9.59 Å². The Kier molecular flexibility index (Phi) is 4.07. The predicted octanol–water partition coefficient (Wildman–Crippen LogP) is 3.67. The molecule has 0 spiro atoms. The van der Waals surface area contributed by atoms with Crippen LogP contribution in [0.2, 0.25) is 0 Å². The first-order valence-electron chi connectivity index (χ1n) is 8.73. The Balaban J connectivity index is 1.83. The molecule has 4 rings (SSSR count). The topological polar surface area (TPSA) is 99.4 Å². The van der Waals surface area contributed by atoms with Crippen molar-refractivity contribution in [3.05, 3.63) is 60.0 Å². The van der Waals surface area contributed by atoms with Gasteiger partial charge in [-0.25, -0.2) is 4.98 Å². The summed E-state index contributed by atoms with van der Waals surface area (Å²) >= 11 is 0. The van der Waals surface area contributed by atoms with Gasteiger partial charge in [-0.1, -0.05) is 13.8 Å². The summed E-state index contributed by atoms with van der Waals surface area (Å²) in [5, 5.41) is 10.5. The van der Waals surface area contributed by atoms with Crippen molar-refractivity contribution in [2.75, 3.05) is 4.90 Å². The van der Waals surface area contributed by atoms with Gasteiger partial charge in [-0.05, 0) is 36.2 Å². The molecule has 2 aromatic heterocycles. The van der Waals surface area contributed by atoms with Crippen molar-refractivity contribution < 1.29 is 19.1 Å². The molecule has 138 valence electrons. The maximum atomic E-state index is 12.9. The molecule has 0 saturated carbocycles. The number of ketones is 1. The van der Waals surface area contributed by atoms with E-state index in [-0.39, 0.29) is 23.7 Å². The lowest BCUT2D eigenvalue weighted by atomic mass is 9.95. The standard InChI is InChI=1S/C20H19N3O4/c1-11(2)8-15(24)17-18(16-4-3-7-27-16)23(20(26)19(17)25)12-5-6-13-14(9-12)22-10-21-13/h3-7,9-11,18,25H,8H2,1-2H3,(H,21,22). The van der Waals surface area contributed by atoms with E-state index in [1.54, 1.807) is 36.7 Å². The minimum atomic E-state index is -0.810. The van der Waals surface area contributed by atoms with E-state index in [9.17, 15) is 14.7 Å². The van der Waals surface area contributed by atoms with Gasteiger partial charge in [0.15, 0.2) is 11.5 Å². The first kappa shape index (κ1) is 17.1. The number of imidazole rings is 1. The number of aromatic nitrogens is 2. The molecule has 0 bridgehead atoms. The molecule has 1 aliphatic heterocycles. The number of aromatic amines is 1. The third-order valence-electron chi connectivity index (χ3n) is 4.60. The number of fused-ring (bicyclic) bond motifs is 1. The minimum absolute atomic E-state index is 0.0748. The average Bonchev–Trinajstić information content (AvgIpc) is 3.34. The molecule has 27 heavy (non-hydrogen) atoms. The van der Waals surface area contributed by atoms with E-state index in [0.717, 1.165) is 5.52 Å². The number of Topliss-reactive ketones (excluding diaryl/α,β-unsaturated/α-hetero) is 1. The fraction of sp³-hybridized carbons (Fsp3) is 0.250. The van der Waals surface area contributed by atoms with Gasteiger partial charge >= 0.3 is 0 Å². The van der Waals surface area contributed by atoms with Gasteiger partial charge in [0, 0.05) is 12.1 Å². The van der Waals surface area contributed by atoms with Crippen LogP contribution < -0.4 is 4.90 Å². The van der Waals surface area contributed by atoms with Gasteiger partial charge in [-0.15, -0.1) is 0 Å². The van der Waals surface area contributed by atoms with Crippen LogP contribution >= 0.6 is 0 Å². The van der Waals surface area contributed by atoms with Crippen LogP contribution in [0.1, 0.15) is 32.1 Å². The number of nitrogens with one attached hydrogen (secondary N) is 1. The highest BCUT2D eigenvalue weighted by Crippen LogP contribution is 2.42. The quantitative estimate of drug-likeness (QED) is 0.719. The van der Waals surface area contributed by atoms with Gasteiger partial charge in [0.2, 0.25) is 0 Å². The molecule has 0 radical (unpaired) electrons. The number of anilines is 1. The van der Waals surface area contributed by atoms with Gasteiger partial charge < -0.3 is 14.5 Å². The molecule has 1 unspecified atom stereocenters. The number of aliphatic hydroxyl groups is 1. The summed E-state index contributed by atoms with van der Waals surface area (Å²) in [7, 11) is 0. The van der Waals surface area contributed by atoms with E-state index >= 15 is 0 Å². The van der Waals surface area contributed by atoms with E-state index in [4.69, 9.17) is 4.42 Å². The molecule has 1 aromatic carbocycles. The van der Waals surface area contributed by atoms with Crippen LogP contribution in [0.15, 0.2) is 58.7 Å². The Bertz CT molecular complexity index is 1050. The number of benzene rings is 1. The van der Waals surface area contributed by atoms with Gasteiger partial charge in [0.05, 0.1) is 29.2 Å². The Labute approximate surface area is 155 Å². The predicted molar refractivity (Wildman–Crippen MR) is 99.1 cm³/mol. The van der Waals surface area contributed by atoms with Gasteiger partial charge in [-0.2, -0.15) is 0 Å². The van der Waals surface area contributed by atoms with E-state index in [0.29, 0.717) is 17.0 Å². The van der Waals surface area contributed by atoms with Gasteiger partial charge in [0.1, 0.15) is 11.8 Å². The lowest BCUT2D eigenvalue weighted by Crippen LogP contribution is -2.30. The fourth-order valence-corrected chi connectivity index (χ4v) is 3.42. The molecule has 1 aliphatic rings. The molecule has 1 atom stereocenters. The molecule has 2 N–H and O–H groups in total. The highest BCUT2D eigenvalue weighted by Gasteiger charge is 2.45. The number of H-pyrrole nitrogens is 1. The van der Waals surface area contributed by atoms with Crippen molar-refractivity contribution in [3.63, 3.8) is 0 Å². The first-order chi connectivity index (χ1) is 13.0. The van der Waals surface area contributed by atoms with Crippen LogP contribution in [-0.4, -0.2) is 26.8 Å². The summed E-state index contributed by atoms with van der Waals surface area (Å²) in [6.45, 7) is 3.83. The second kappa shape index (κ2) is 6.42. The number of carbonyl (C=O) groups excluding carboxylic acids is 2.